The van der Waals surface area contributed by atoms with Crippen molar-refractivity contribution in [2.24, 2.45) is 16.6 Å². The Morgan fingerprint density at radius 1 is 1.72 bits per heavy atom. The molecule has 18 heavy (non-hydrogen) atoms. The van der Waals surface area contributed by atoms with Crippen LogP contribution in [-0.4, -0.2) is 34.1 Å². The number of ether oxygens (including phenoxy) is 1. The molecule has 0 aromatic carbocycles. The molecular weight excluding hydrogens is 238 g/mol. The number of nitrogens with two attached hydrogens (primary N) is 1. The largest absolute Gasteiger partial charge is 0.465 e. The summed E-state index contributed by atoms with van der Waals surface area (Å²) in [5, 5.41) is 12.5. The molecule has 2 rings (SSSR count). The smallest absolute Gasteiger partial charge is 0.326 e. The van der Waals surface area contributed by atoms with Crippen LogP contribution in [0, 0.1) is 17.2 Å². The van der Waals surface area contributed by atoms with Crippen LogP contribution in [-0.2, 0) is 9.53 Å². The van der Waals surface area contributed by atoms with Gasteiger partial charge < -0.3 is 10.5 Å². The highest BCUT2D eigenvalue weighted by Crippen LogP contribution is 2.24. The molecule has 2 heterocycles. The van der Waals surface area contributed by atoms with E-state index in [1.54, 1.807) is 6.92 Å². The second-order valence-electron chi connectivity index (χ2n) is 3.47. The van der Waals surface area contributed by atoms with E-state index in [0.717, 1.165) is 4.68 Å². The minimum Gasteiger partial charge on any atom is -0.465 e. The van der Waals surface area contributed by atoms with Crippen LogP contribution in [0.3, 0.4) is 0 Å². The number of amidine groups is 1. The van der Waals surface area contributed by atoms with Crippen molar-refractivity contribution in [2.45, 2.75) is 6.92 Å². The number of aliphatic imine (C=N–C) groups is 1. The van der Waals surface area contributed by atoms with Crippen molar-refractivity contribution in [3.8, 4) is 6.07 Å². The van der Waals surface area contributed by atoms with E-state index in [1.165, 1.54) is 6.20 Å². The van der Waals surface area contributed by atoms with Gasteiger partial charge >= 0.3 is 5.97 Å². The Balaban J connectivity index is 2.46. The molecule has 1 aliphatic rings. The lowest BCUT2D eigenvalue weighted by Gasteiger charge is -2.18. The molecule has 0 fully saturated rings. The van der Waals surface area contributed by atoms with E-state index in [1.807, 2.05) is 6.07 Å². The Morgan fingerprint density at radius 2 is 2.44 bits per heavy atom. The first-order valence-corrected chi connectivity index (χ1v) is 5.13. The molecule has 0 saturated heterocycles. The van der Waals surface area contributed by atoms with Crippen LogP contribution in [0.4, 0.5) is 5.82 Å². The zero-order chi connectivity index (χ0) is 13.3. The van der Waals surface area contributed by atoms with Crippen molar-refractivity contribution < 1.29 is 14.3 Å². The number of nitriles is 1. The van der Waals surface area contributed by atoms with Gasteiger partial charge in [0.1, 0.15) is 17.5 Å². The van der Waals surface area contributed by atoms with Crippen LogP contribution in [0.2, 0.25) is 0 Å². The van der Waals surface area contributed by atoms with Crippen LogP contribution in [0.1, 0.15) is 17.3 Å². The van der Waals surface area contributed by atoms with Crippen molar-refractivity contribution in [1.29, 1.82) is 5.26 Å². The normalized spacial score (nSPS) is 17.7. The summed E-state index contributed by atoms with van der Waals surface area (Å²) < 4.78 is 5.63. The van der Waals surface area contributed by atoms with Crippen LogP contribution in [0.5, 0.6) is 0 Å². The summed E-state index contributed by atoms with van der Waals surface area (Å²) in [7, 11) is 0. The molecule has 1 atom stereocenters. The predicted molar refractivity (Wildman–Crippen MR) is 59.0 cm³/mol. The molecule has 0 aliphatic carbocycles. The molecular formula is C10H9N5O3. The van der Waals surface area contributed by atoms with E-state index >= 15 is 0 Å². The number of nitrogens with zero attached hydrogens (tertiary/aromatic N) is 4. The van der Waals surface area contributed by atoms with E-state index in [2.05, 4.69) is 10.1 Å². The molecule has 92 valence electrons. The number of hydrogen-bond donors (Lipinski definition) is 1. The number of aromatic nitrogens is 2. The Bertz CT molecular complexity index is 595. The topological polar surface area (TPSA) is 123 Å². The van der Waals surface area contributed by atoms with E-state index in [0.29, 0.717) is 0 Å². The first-order valence-electron chi connectivity index (χ1n) is 5.13. The third-order valence-corrected chi connectivity index (χ3v) is 2.37. The van der Waals surface area contributed by atoms with E-state index < -0.39 is 17.8 Å². The van der Waals surface area contributed by atoms with Gasteiger partial charge in [-0.1, -0.05) is 0 Å². The van der Waals surface area contributed by atoms with Gasteiger partial charge in [-0.05, 0) is 6.92 Å². The number of hydrogen-bond acceptors (Lipinski definition) is 7. The SMILES string of the molecule is CCOC(=O)C1C(=O)n2ncc(C#N)c2N=C1N. The summed E-state index contributed by atoms with van der Waals surface area (Å²) in [6.45, 7) is 1.75. The second kappa shape index (κ2) is 4.29. The van der Waals surface area contributed by atoms with Crippen molar-refractivity contribution in [2.75, 3.05) is 6.61 Å². The van der Waals surface area contributed by atoms with Gasteiger partial charge in [-0.3, -0.25) is 9.59 Å². The minimum absolute atomic E-state index is 0.0422. The standard InChI is InChI=1S/C10H9N5O3/c1-2-18-10(17)6-7(12)14-8-5(3-11)4-13-15(8)9(6)16/h4,6H,2H2,1H3,(H2,12,14). The lowest BCUT2D eigenvalue weighted by Crippen LogP contribution is -2.43. The molecule has 1 unspecified atom stereocenters. The first kappa shape index (κ1) is 11.8. The van der Waals surface area contributed by atoms with Gasteiger partial charge in [0, 0.05) is 0 Å². The van der Waals surface area contributed by atoms with Crippen molar-refractivity contribution in [1.82, 2.24) is 9.78 Å². The van der Waals surface area contributed by atoms with Gasteiger partial charge in [0.15, 0.2) is 11.7 Å². The second-order valence-corrected chi connectivity index (χ2v) is 3.47. The van der Waals surface area contributed by atoms with Gasteiger partial charge in [0.2, 0.25) is 0 Å². The molecule has 1 aromatic rings. The number of carbonyl (C=O) groups excluding carboxylic acids is 2. The number of rotatable bonds is 2. The molecule has 2 N–H and O–H groups in total. The highest BCUT2D eigenvalue weighted by atomic mass is 16.5. The summed E-state index contributed by atoms with van der Waals surface area (Å²) in [6, 6.07) is 1.83. The average Bonchev–Trinajstić information content (AvgIpc) is 2.72. The summed E-state index contributed by atoms with van der Waals surface area (Å²) in [4.78, 5) is 27.5. The maximum atomic E-state index is 12.0. The van der Waals surface area contributed by atoms with Crippen LogP contribution < -0.4 is 5.73 Å². The Morgan fingerprint density at radius 3 is 3.06 bits per heavy atom. The van der Waals surface area contributed by atoms with Crippen LogP contribution in [0.25, 0.3) is 0 Å². The fraction of sp³-hybridized carbons (Fsp3) is 0.300. The average molecular weight is 247 g/mol. The zero-order valence-corrected chi connectivity index (χ0v) is 9.45. The number of carbonyl (C=O) groups is 2. The van der Waals surface area contributed by atoms with Crippen LogP contribution >= 0.6 is 0 Å². The van der Waals surface area contributed by atoms with Crippen molar-refractivity contribution in [3.05, 3.63) is 11.8 Å². The summed E-state index contributed by atoms with van der Waals surface area (Å²) in [6.07, 6.45) is 1.19. The third-order valence-electron chi connectivity index (χ3n) is 2.37. The van der Waals surface area contributed by atoms with Crippen LogP contribution in [0.15, 0.2) is 11.2 Å². The molecule has 8 heteroatoms. The molecule has 0 spiro atoms. The molecule has 0 saturated carbocycles. The molecule has 8 nitrogen and oxygen atoms in total. The summed E-state index contributed by atoms with van der Waals surface area (Å²) in [5.74, 6) is -2.90. The van der Waals surface area contributed by atoms with E-state index in [9.17, 15) is 9.59 Å². The Kier molecular flexibility index (Phi) is 2.81. The van der Waals surface area contributed by atoms with Gasteiger partial charge in [-0.25, -0.2) is 4.99 Å². The quantitative estimate of drug-likeness (QED) is 0.559. The number of esters is 1. The maximum absolute atomic E-state index is 12.0. The highest BCUT2D eigenvalue weighted by molar-refractivity contribution is 6.20. The van der Waals surface area contributed by atoms with Gasteiger partial charge in [0.25, 0.3) is 5.91 Å². The summed E-state index contributed by atoms with van der Waals surface area (Å²) in [5.41, 5.74) is 5.70. The monoisotopic (exact) mass is 247 g/mol. The van der Waals surface area contributed by atoms with Crippen molar-refractivity contribution in [3.63, 3.8) is 0 Å². The summed E-state index contributed by atoms with van der Waals surface area (Å²) >= 11 is 0. The molecule has 0 amide bonds. The fourth-order valence-electron chi connectivity index (χ4n) is 1.57. The van der Waals surface area contributed by atoms with Gasteiger partial charge in [-0.15, -0.1) is 0 Å². The van der Waals surface area contributed by atoms with E-state index in [-0.39, 0.29) is 23.8 Å². The molecule has 0 bridgehead atoms. The lowest BCUT2D eigenvalue weighted by molar-refractivity contribution is -0.144. The first-order chi connectivity index (χ1) is 8.60. The van der Waals surface area contributed by atoms with E-state index in [4.69, 9.17) is 15.7 Å². The maximum Gasteiger partial charge on any atom is 0.326 e. The molecule has 1 aliphatic heterocycles. The fourth-order valence-corrected chi connectivity index (χ4v) is 1.57. The van der Waals surface area contributed by atoms with Crippen molar-refractivity contribution >= 4 is 23.5 Å². The van der Waals surface area contributed by atoms with Gasteiger partial charge in [0.05, 0.1) is 12.8 Å². The van der Waals surface area contributed by atoms with Gasteiger partial charge in [-0.2, -0.15) is 15.0 Å². The third kappa shape index (κ3) is 1.62. The minimum atomic E-state index is -1.30. The predicted octanol–water partition coefficient (Wildman–Crippen LogP) is -0.423. The zero-order valence-electron chi connectivity index (χ0n) is 9.45. The molecule has 0 radical (unpaired) electrons. The Labute approximate surface area is 102 Å². The number of fused-ring (bicyclic) bond motifs is 1. The molecule has 1 aromatic heterocycles. The lowest BCUT2D eigenvalue weighted by atomic mass is 10.1. The Hall–Kier alpha value is -2.69. The highest BCUT2D eigenvalue weighted by Gasteiger charge is 2.38.